The highest BCUT2D eigenvalue weighted by molar-refractivity contribution is 7.92. The molecule has 208 valence electrons. The van der Waals surface area contributed by atoms with Gasteiger partial charge in [0.2, 0.25) is 0 Å². The molecule has 1 N–H and O–H groups in total. The summed E-state index contributed by atoms with van der Waals surface area (Å²) in [6.07, 6.45) is -1.06. The first-order valence-corrected chi connectivity index (χ1v) is 14.0. The van der Waals surface area contributed by atoms with Crippen LogP contribution in [0.15, 0.2) is 71.6 Å². The summed E-state index contributed by atoms with van der Waals surface area (Å²) in [6.45, 7) is 6.34. The Morgan fingerprint density at radius 2 is 1.69 bits per heavy atom. The van der Waals surface area contributed by atoms with E-state index in [1.807, 2.05) is 45.0 Å². The first-order valence-electron chi connectivity index (χ1n) is 12.6. The molecule has 9 nitrogen and oxygen atoms in total. The Balaban J connectivity index is 1.55. The van der Waals surface area contributed by atoms with Crippen molar-refractivity contribution in [1.29, 1.82) is 0 Å². The van der Waals surface area contributed by atoms with Crippen LogP contribution < -0.4 is 28.6 Å². The second-order valence-electron chi connectivity index (χ2n) is 10.0. The maximum Gasteiger partial charge on any atom is 0.264 e. The number of sulfonamides is 1. The van der Waals surface area contributed by atoms with E-state index in [0.717, 1.165) is 5.56 Å². The van der Waals surface area contributed by atoms with Crippen molar-refractivity contribution in [2.24, 2.45) is 0 Å². The van der Waals surface area contributed by atoms with E-state index in [1.54, 1.807) is 37.4 Å². The number of nitrogens with zero attached hydrogens (tertiary/aromatic N) is 1. The topological polar surface area (TPSA) is 103 Å². The minimum absolute atomic E-state index is 0.0849. The van der Waals surface area contributed by atoms with E-state index in [2.05, 4.69) is 5.32 Å². The van der Waals surface area contributed by atoms with E-state index >= 15 is 0 Å². The van der Waals surface area contributed by atoms with Crippen LogP contribution >= 0.6 is 0 Å². The van der Waals surface area contributed by atoms with Gasteiger partial charge in [-0.25, -0.2) is 8.42 Å². The van der Waals surface area contributed by atoms with E-state index < -0.39 is 22.0 Å². The number of benzene rings is 3. The molecule has 0 saturated heterocycles. The highest BCUT2D eigenvalue weighted by Crippen LogP contribution is 2.40. The number of fused-ring (bicyclic) bond motifs is 1. The summed E-state index contributed by atoms with van der Waals surface area (Å²) < 4.78 is 51.1. The molecule has 1 aliphatic heterocycles. The number of anilines is 1. The van der Waals surface area contributed by atoms with Gasteiger partial charge in [0.1, 0.15) is 18.1 Å². The molecule has 0 bridgehead atoms. The van der Waals surface area contributed by atoms with E-state index in [-0.39, 0.29) is 30.0 Å². The van der Waals surface area contributed by atoms with Crippen LogP contribution in [0.25, 0.3) is 0 Å². The molecule has 1 heterocycles. The highest BCUT2D eigenvalue weighted by Gasteiger charge is 2.38. The highest BCUT2D eigenvalue weighted by atomic mass is 32.2. The lowest BCUT2D eigenvalue weighted by atomic mass is 9.86. The second kappa shape index (κ2) is 11.4. The number of carbonyl (C=O) groups is 1. The number of rotatable bonds is 9. The lowest BCUT2D eigenvalue weighted by Gasteiger charge is -2.36. The maximum atomic E-state index is 13.8. The van der Waals surface area contributed by atoms with E-state index in [1.165, 1.54) is 23.5 Å². The Hall–Kier alpha value is -3.92. The van der Waals surface area contributed by atoms with Gasteiger partial charge in [0.25, 0.3) is 15.9 Å². The summed E-state index contributed by atoms with van der Waals surface area (Å²) in [5.41, 5.74) is 1.11. The maximum absolute atomic E-state index is 13.8. The van der Waals surface area contributed by atoms with Gasteiger partial charge in [-0.3, -0.25) is 9.10 Å². The van der Waals surface area contributed by atoms with Crippen molar-refractivity contribution in [2.45, 2.75) is 37.2 Å². The molecular formula is C29H34N2O7S. The van der Waals surface area contributed by atoms with Crippen molar-refractivity contribution in [3.05, 3.63) is 72.3 Å². The average Bonchev–Trinajstić information content (AvgIpc) is 2.93. The summed E-state index contributed by atoms with van der Waals surface area (Å²) in [5, 5.41) is 2.79. The van der Waals surface area contributed by atoms with Gasteiger partial charge in [-0.1, -0.05) is 39.0 Å². The van der Waals surface area contributed by atoms with Crippen LogP contribution in [0.2, 0.25) is 0 Å². The van der Waals surface area contributed by atoms with Gasteiger partial charge in [-0.15, -0.1) is 0 Å². The van der Waals surface area contributed by atoms with Crippen molar-refractivity contribution in [3.63, 3.8) is 0 Å². The predicted octanol–water partition coefficient (Wildman–Crippen LogP) is 4.15. The predicted molar refractivity (Wildman–Crippen MR) is 149 cm³/mol. The molecule has 10 heteroatoms. The lowest BCUT2D eigenvalue weighted by Crippen LogP contribution is -2.51. The minimum Gasteiger partial charge on any atom is -0.497 e. The number of methoxy groups -OCH3 is 2. The zero-order chi connectivity index (χ0) is 28.2. The van der Waals surface area contributed by atoms with Crippen molar-refractivity contribution in [2.75, 3.05) is 38.2 Å². The van der Waals surface area contributed by atoms with Crippen LogP contribution in [-0.4, -0.2) is 54.3 Å². The normalized spacial score (nSPS) is 15.1. The van der Waals surface area contributed by atoms with Gasteiger partial charge >= 0.3 is 0 Å². The van der Waals surface area contributed by atoms with Crippen LogP contribution in [0.1, 0.15) is 26.3 Å². The molecule has 0 saturated carbocycles. The summed E-state index contributed by atoms with van der Waals surface area (Å²) in [5.74, 6) is 1.56. The molecule has 0 aromatic heterocycles. The molecule has 3 aromatic rings. The zero-order valence-electron chi connectivity index (χ0n) is 22.8. The Labute approximate surface area is 229 Å². The van der Waals surface area contributed by atoms with Crippen molar-refractivity contribution in [1.82, 2.24) is 5.32 Å². The molecule has 1 aliphatic rings. The Morgan fingerprint density at radius 1 is 1.00 bits per heavy atom. The largest absolute Gasteiger partial charge is 0.497 e. The fourth-order valence-electron chi connectivity index (χ4n) is 4.14. The summed E-state index contributed by atoms with van der Waals surface area (Å²) in [4.78, 5) is 13.2. The number of hydrogen-bond donors (Lipinski definition) is 1. The minimum atomic E-state index is -4.02. The Bertz CT molecular complexity index is 1420. The lowest BCUT2D eigenvalue weighted by molar-refractivity contribution is -0.127. The van der Waals surface area contributed by atoms with Gasteiger partial charge in [-0.05, 0) is 59.5 Å². The van der Waals surface area contributed by atoms with E-state index in [9.17, 15) is 13.2 Å². The molecule has 0 unspecified atom stereocenters. The number of carbonyl (C=O) groups excluding carboxylic acids is 1. The molecular weight excluding hydrogens is 520 g/mol. The van der Waals surface area contributed by atoms with E-state index in [0.29, 0.717) is 28.7 Å². The van der Waals surface area contributed by atoms with Crippen molar-refractivity contribution >= 4 is 21.6 Å². The third-order valence-corrected chi connectivity index (χ3v) is 8.16. The summed E-state index contributed by atoms with van der Waals surface area (Å²) >= 11 is 0. The number of ether oxygens (including phenoxy) is 4. The fourth-order valence-corrected chi connectivity index (χ4v) is 5.61. The van der Waals surface area contributed by atoms with Crippen LogP contribution in [0.4, 0.5) is 5.69 Å². The van der Waals surface area contributed by atoms with Crippen LogP contribution in [-0.2, 0) is 20.2 Å². The van der Waals surface area contributed by atoms with Crippen molar-refractivity contribution in [3.8, 4) is 23.0 Å². The van der Waals surface area contributed by atoms with Gasteiger partial charge in [0.05, 0.1) is 37.9 Å². The fraction of sp³-hybridized carbons (Fsp3) is 0.345. The van der Waals surface area contributed by atoms with Gasteiger partial charge in [0.15, 0.2) is 17.6 Å². The zero-order valence-corrected chi connectivity index (χ0v) is 23.6. The van der Waals surface area contributed by atoms with Gasteiger partial charge in [-0.2, -0.15) is 0 Å². The quantitative estimate of drug-likeness (QED) is 0.396. The number of para-hydroxylation sites is 2. The number of amides is 1. The number of nitrogens with one attached hydrogen (secondary N) is 1. The first kappa shape index (κ1) is 28.1. The smallest absolute Gasteiger partial charge is 0.264 e. The SMILES string of the molecule is COc1ccc(S(=O)(=O)N2C[C@H](C(=O)NCCOc3ccccc3OC)Oc3ccc(C(C)(C)C)cc32)cc1. The third-order valence-electron chi connectivity index (χ3n) is 6.36. The molecule has 0 spiro atoms. The first-order chi connectivity index (χ1) is 18.5. The average molecular weight is 555 g/mol. The monoisotopic (exact) mass is 554 g/mol. The molecule has 0 radical (unpaired) electrons. The van der Waals surface area contributed by atoms with Gasteiger partial charge in [0, 0.05) is 0 Å². The third kappa shape index (κ3) is 6.22. The molecule has 0 aliphatic carbocycles. The van der Waals surface area contributed by atoms with Gasteiger partial charge < -0.3 is 24.3 Å². The Kier molecular flexibility index (Phi) is 8.25. The van der Waals surface area contributed by atoms with Crippen molar-refractivity contribution < 1.29 is 32.2 Å². The summed E-state index contributed by atoms with van der Waals surface area (Å²) in [7, 11) is -0.951. The number of hydrogen-bond acceptors (Lipinski definition) is 7. The van der Waals surface area contributed by atoms with Crippen LogP contribution in [0.3, 0.4) is 0 Å². The molecule has 3 aromatic carbocycles. The summed E-state index contributed by atoms with van der Waals surface area (Å²) in [6, 6.07) is 18.8. The second-order valence-corrected chi connectivity index (χ2v) is 11.9. The molecule has 0 fully saturated rings. The molecule has 1 atom stereocenters. The molecule has 1 amide bonds. The van der Waals surface area contributed by atoms with Crippen LogP contribution in [0, 0.1) is 0 Å². The standard InChI is InChI=1S/C29H34N2O7S/c1-29(2,3)20-10-15-24-23(18-20)31(39(33,34)22-13-11-21(35-4)12-14-22)19-27(38-24)28(32)30-16-17-37-26-9-7-6-8-25(26)36-5/h6-15,18,27H,16-17,19H2,1-5H3,(H,30,32)/t27-/m1/s1. The Morgan fingerprint density at radius 3 is 2.33 bits per heavy atom. The van der Waals surface area contributed by atoms with E-state index in [4.69, 9.17) is 18.9 Å². The molecule has 39 heavy (non-hydrogen) atoms. The van der Waals surface area contributed by atoms with Crippen LogP contribution in [0.5, 0.6) is 23.0 Å². The molecule has 4 rings (SSSR count).